The molecule has 0 aliphatic carbocycles. The molecule has 1 amide bonds. The average molecular weight is 365 g/mol. The van der Waals surface area contributed by atoms with Crippen molar-refractivity contribution < 1.29 is 14.6 Å². The molecule has 1 aromatic rings. The maximum absolute atomic E-state index is 12.4. The van der Waals surface area contributed by atoms with Crippen molar-refractivity contribution in [2.24, 2.45) is 0 Å². The standard InChI is InChI=1S/C16H17BrN2O3/c1-22-14-9-11(8-13(17)15(14)20)7-12(10-18)16(21)19-5-3-2-4-6-19/h7-9,20H,2-6H2,1H3/b12-7+. The molecule has 1 heterocycles. The van der Waals surface area contributed by atoms with Crippen LogP contribution >= 0.6 is 15.9 Å². The van der Waals surface area contributed by atoms with E-state index >= 15 is 0 Å². The number of likely N-dealkylation sites (tertiary alicyclic amines) is 1. The van der Waals surface area contributed by atoms with Crippen LogP contribution in [0.25, 0.3) is 6.08 Å². The minimum atomic E-state index is -0.245. The highest BCUT2D eigenvalue weighted by molar-refractivity contribution is 9.10. The zero-order valence-electron chi connectivity index (χ0n) is 12.3. The first-order valence-electron chi connectivity index (χ1n) is 7.04. The average Bonchev–Trinajstić information content (AvgIpc) is 2.55. The highest BCUT2D eigenvalue weighted by atomic mass is 79.9. The van der Waals surface area contributed by atoms with Gasteiger partial charge in [0, 0.05) is 13.1 Å². The number of carbonyl (C=O) groups excluding carboxylic acids is 1. The normalized spacial score (nSPS) is 15.3. The number of hydrogen-bond donors (Lipinski definition) is 1. The van der Waals surface area contributed by atoms with Crippen molar-refractivity contribution >= 4 is 27.9 Å². The zero-order valence-corrected chi connectivity index (χ0v) is 13.9. The second-order valence-electron chi connectivity index (χ2n) is 5.08. The quantitative estimate of drug-likeness (QED) is 0.660. The molecule has 22 heavy (non-hydrogen) atoms. The van der Waals surface area contributed by atoms with Crippen molar-refractivity contribution in [3.05, 3.63) is 27.7 Å². The molecule has 0 atom stereocenters. The molecule has 1 N–H and O–H groups in total. The van der Waals surface area contributed by atoms with E-state index < -0.39 is 0 Å². The molecule has 1 fully saturated rings. The molecule has 1 aromatic carbocycles. The second-order valence-corrected chi connectivity index (χ2v) is 5.93. The first-order chi connectivity index (χ1) is 10.6. The number of ether oxygens (including phenoxy) is 1. The van der Waals surface area contributed by atoms with Crippen molar-refractivity contribution in [3.63, 3.8) is 0 Å². The van der Waals surface area contributed by atoms with Gasteiger partial charge in [-0.2, -0.15) is 5.26 Å². The Hall–Kier alpha value is -2.00. The molecule has 0 radical (unpaired) electrons. The number of methoxy groups -OCH3 is 1. The number of piperidine rings is 1. The van der Waals surface area contributed by atoms with E-state index in [1.807, 2.05) is 6.07 Å². The van der Waals surface area contributed by atoms with E-state index in [2.05, 4.69) is 15.9 Å². The molecule has 0 aromatic heterocycles. The van der Waals surface area contributed by atoms with Crippen LogP contribution in [0, 0.1) is 11.3 Å². The fraction of sp³-hybridized carbons (Fsp3) is 0.375. The van der Waals surface area contributed by atoms with Gasteiger partial charge in [0.2, 0.25) is 0 Å². The lowest BCUT2D eigenvalue weighted by molar-refractivity contribution is -0.127. The summed E-state index contributed by atoms with van der Waals surface area (Å²) in [5, 5.41) is 19.1. The molecule has 6 heteroatoms. The number of phenols is 1. The number of benzene rings is 1. The zero-order chi connectivity index (χ0) is 16.1. The Labute approximate surface area is 137 Å². The largest absolute Gasteiger partial charge is 0.503 e. The highest BCUT2D eigenvalue weighted by Crippen LogP contribution is 2.35. The van der Waals surface area contributed by atoms with Gasteiger partial charge in [-0.1, -0.05) is 0 Å². The number of aromatic hydroxyl groups is 1. The Bertz CT molecular complexity index is 644. The van der Waals surface area contributed by atoms with Crippen molar-refractivity contribution in [2.75, 3.05) is 20.2 Å². The molecule has 116 valence electrons. The number of phenolic OH excluding ortho intramolecular Hbond substituents is 1. The van der Waals surface area contributed by atoms with Gasteiger partial charge >= 0.3 is 0 Å². The number of amides is 1. The van der Waals surface area contributed by atoms with Crippen molar-refractivity contribution in [1.29, 1.82) is 5.26 Å². The third-order valence-electron chi connectivity index (χ3n) is 3.58. The van der Waals surface area contributed by atoms with E-state index in [9.17, 15) is 15.2 Å². The lowest BCUT2D eigenvalue weighted by Gasteiger charge is -2.26. The van der Waals surface area contributed by atoms with Crippen LogP contribution in [0.15, 0.2) is 22.2 Å². The van der Waals surface area contributed by atoms with Crippen LogP contribution in [0.1, 0.15) is 24.8 Å². The maximum Gasteiger partial charge on any atom is 0.264 e. The SMILES string of the molecule is COc1cc(/C=C(\C#N)C(=O)N2CCCCC2)cc(Br)c1O. The fourth-order valence-electron chi connectivity index (χ4n) is 2.41. The number of nitrogens with zero attached hydrogens (tertiary/aromatic N) is 2. The predicted octanol–water partition coefficient (Wildman–Crippen LogP) is 3.08. The van der Waals surface area contributed by atoms with Gasteiger partial charge in [0.05, 0.1) is 11.6 Å². The Balaban J connectivity index is 2.30. The molecule has 0 spiro atoms. The summed E-state index contributed by atoms with van der Waals surface area (Å²) in [6.45, 7) is 1.39. The lowest BCUT2D eigenvalue weighted by Crippen LogP contribution is -2.36. The van der Waals surface area contributed by atoms with E-state index in [1.54, 1.807) is 17.0 Å². The summed E-state index contributed by atoms with van der Waals surface area (Å²) < 4.78 is 5.52. The van der Waals surface area contributed by atoms with Crippen LogP contribution < -0.4 is 4.74 Å². The van der Waals surface area contributed by atoms with Crippen LogP contribution in [-0.4, -0.2) is 36.1 Å². The molecule has 0 bridgehead atoms. The van der Waals surface area contributed by atoms with Gasteiger partial charge in [-0.15, -0.1) is 0 Å². The summed E-state index contributed by atoms with van der Waals surface area (Å²) in [5.74, 6) is 0.0224. The summed E-state index contributed by atoms with van der Waals surface area (Å²) in [6.07, 6.45) is 4.59. The van der Waals surface area contributed by atoms with Gasteiger partial charge in [-0.3, -0.25) is 4.79 Å². The Kier molecular flexibility index (Phi) is 5.45. The first kappa shape index (κ1) is 16.4. The van der Waals surface area contributed by atoms with E-state index in [0.717, 1.165) is 19.3 Å². The summed E-state index contributed by atoms with van der Waals surface area (Å²) in [4.78, 5) is 14.1. The smallest absolute Gasteiger partial charge is 0.264 e. The second kappa shape index (κ2) is 7.32. The number of nitriles is 1. The number of halogens is 1. The van der Waals surface area contributed by atoms with Gasteiger partial charge in [0.25, 0.3) is 5.91 Å². The topological polar surface area (TPSA) is 73.6 Å². The highest BCUT2D eigenvalue weighted by Gasteiger charge is 2.20. The summed E-state index contributed by atoms with van der Waals surface area (Å²) >= 11 is 3.23. The van der Waals surface area contributed by atoms with Crippen molar-refractivity contribution in [2.45, 2.75) is 19.3 Å². The molecule has 1 saturated heterocycles. The predicted molar refractivity (Wildman–Crippen MR) is 86.4 cm³/mol. The van der Waals surface area contributed by atoms with Gasteiger partial charge in [0.15, 0.2) is 11.5 Å². The number of rotatable bonds is 3. The Morgan fingerprint density at radius 3 is 2.68 bits per heavy atom. The summed E-state index contributed by atoms with van der Waals surface area (Å²) in [5.41, 5.74) is 0.699. The lowest BCUT2D eigenvalue weighted by atomic mass is 10.1. The van der Waals surface area contributed by atoms with Gasteiger partial charge in [-0.05, 0) is 59.0 Å². The van der Waals surface area contributed by atoms with E-state index in [0.29, 0.717) is 23.1 Å². The van der Waals surface area contributed by atoms with E-state index in [-0.39, 0.29) is 23.0 Å². The molecule has 1 aliphatic heterocycles. The van der Waals surface area contributed by atoms with Crippen molar-refractivity contribution in [3.8, 4) is 17.6 Å². The molecule has 0 saturated carbocycles. The first-order valence-corrected chi connectivity index (χ1v) is 7.83. The number of hydrogen-bond acceptors (Lipinski definition) is 4. The maximum atomic E-state index is 12.4. The summed E-state index contributed by atoms with van der Waals surface area (Å²) in [6, 6.07) is 5.19. The minimum absolute atomic E-state index is 0.0134. The Morgan fingerprint density at radius 1 is 1.41 bits per heavy atom. The fourth-order valence-corrected chi connectivity index (χ4v) is 2.87. The van der Waals surface area contributed by atoms with Gasteiger partial charge in [-0.25, -0.2) is 0 Å². The Morgan fingerprint density at radius 2 is 2.09 bits per heavy atom. The van der Waals surface area contributed by atoms with Gasteiger partial charge in [0.1, 0.15) is 11.6 Å². The molecule has 5 nitrogen and oxygen atoms in total. The molecule has 1 aliphatic rings. The van der Waals surface area contributed by atoms with Gasteiger partial charge < -0.3 is 14.7 Å². The van der Waals surface area contributed by atoms with Crippen LogP contribution in [0.5, 0.6) is 11.5 Å². The van der Waals surface area contributed by atoms with Crippen LogP contribution in [-0.2, 0) is 4.79 Å². The van der Waals surface area contributed by atoms with Crippen LogP contribution in [0.3, 0.4) is 0 Å². The van der Waals surface area contributed by atoms with Crippen LogP contribution in [0.2, 0.25) is 0 Å². The van der Waals surface area contributed by atoms with E-state index in [1.165, 1.54) is 13.2 Å². The van der Waals surface area contributed by atoms with E-state index in [4.69, 9.17) is 4.74 Å². The third kappa shape index (κ3) is 3.60. The summed E-state index contributed by atoms with van der Waals surface area (Å²) in [7, 11) is 1.44. The monoisotopic (exact) mass is 364 g/mol. The molecular formula is C16H17BrN2O3. The number of carbonyl (C=O) groups is 1. The van der Waals surface area contributed by atoms with Crippen molar-refractivity contribution in [1.82, 2.24) is 4.90 Å². The third-order valence-corrected chi connectivity index (χ3v) is 4.18. The molecule has 0 unspecified atom stereocenters. The van der Waals surface area contributed by atoms with Crippen LogP contribution in [0.4, 0.5) is 0 Å². The molecular weight excluding hydrogens is 348 g/mol. The minimum Gasteiger partial charge on any atom is -0.503 e. The molecule has 2 rings (SSSR count).